The van der Waals surface area contributed by atoms with E-state index in [9.17, 15) is 9.18 Å². The largest absolute Gasteiger partial charge is 0.298 e. The monoisotopic (exact) mass is 360 g/mol. The van der Waals surface area contributed by atoms with E-state index in [1.807, 2.05) is 12.1 Å². The van der Waals surface area contributed by atoms with Gasteiger partial charge in [-0.1, -0.05) is 11.6 Å². The van der Waals surface area contributed by atoms with E-state index in [2.05, 4.69) is 22.6 Å². The number of carbonyl (C=O) groups is 1. The summed E-state index contributed by atoms with van der Waals surface area (Å²) in [6.45, 7) is 0. The number of benzene rings is 2. The molecule has 0 fully saturated rings. The Morgan fingerprint density at radius 2 is 1.88 bits per heavy atom. The topological polar surface area (TPSA) is 17.1 Å². The van der Waals surface area contributed by atoms with E-state index in [4.69, 9.17) is 11.6 Å². The van der Waals surface area contributed by atoms with Crippen LogP contribution in [0.1, 0.15) is 10.4 Å². The average Bonchev–Trinajstić information content (AvgIpc) is 2.32. The van der Waals surface area contributed by atoms with Crippen LogP contribution in [0.5, 0.6) is 0 Å². The normalized spacial score (nSPS) is 10.3. The van der Waals surface area contributed by atoms with Gasteiger partial charge in [-0.2, -0.15) is 0 Å². The average molecular weight is 361 g/mol. The summed E-state index contributed by atoms with van der Waals surface area (Å²) in [6.07, 6.45) is 0.699. The third-order valence-electron chi connectivity index (χ3n) is 2.36. The molecule has 0 atom stereocenters. The summed E-state index contributed by atoms with van der Waals surface area (Å²) in [5.41, 5.74) is 1.61. The lowest BCUT2D eigenvalue weighted by Crippen LogP contribution is -1.90. The predicted octanol–water partition coefficient (Wildman–Crippen LogP) is 4.56. The van der Waals surface area contributed by atoms with Gasteiger partial charge < -0.3 is 0 Å². The van der Waals surface area contributed by atoms with Gasteiger partial charge in [-0.15, -0.1) is 0 Å². The van der Waals surface area contributed by atoms with Crippen LogP contribution in [-0.4, -0.2) is 6.29 Å². The molecule has 2 aromatic carbocycles. The summed E-state index contributed by atoms with van der Waals surface area (Å²) in [4.78, 5) is 10.9. The summed E-state index contributed by atoms with van der Waals surface area (Å²) in [5, 5.41) is 0.499. The van der Waals surface area contributed by atoms with Gasteiger partial charge >= 0.3 is 0 Å². The van der Waals surface area contributed by atoms with Gasteiger partial charge in [0, 0.05) is 19.7 Å². The Hall–Kier alpha value is -0.940. The maximum Gasteiger partial charge on any atom is 0.150 e. The number of carbonyl (C=O) groups excluding carboxylic acids is 1. The number of aldehydes is 1. The van der Waals surface area contributed by atoms with Crippen molar-refractivity contribution >= 4 is 40.5 Å². The molecule has 0 aliphatic carbocycles. The van der Waals surface area contributed by atoms with Gasteiger partial charge in [0.2, 0.25) is 0 Å². The maximum atomic E-state index is 13.2. The smallest absolute Gasteiger partial charge is 0.150 e. The Balaban J connectivity index is 2.70. The van der Waals surface area contributed by atoms with E-state index in [1.165, 1.54) is 18.2 Å². The highest BCUT2D eigenvalue weighted by molar-refractivity contribution is 14.1. The summed E-state index contributed by atoms with van der Waals surface area (Å²) >= 11 is 8.21. The fraction of sp³-hybridized carbons (Fsp3) is 0. The van der Waals surface area contributed by atoms with E-state index in [0.29, 0.717) is 28.0 Å². The van der Waals surface area contributed by atoms with Crippen molar-refractivity contribution in [3.05, 3.63) is 56.4 Å². The fourth-order valence-corrected chi connectivity index (χ4v) is 2.28. The molecular formula is C13H7ClFIO. The number of halogens is 3. The van der Waals surface area contributed by atoms with Crippen LogP contribution in [0, 0.1) is 9.39 Å². The molecule has 0 bridgehead atoms. The molecule has 0 aliphatic rings. The van der Waals surface area contributed by atoms with E-state index in [1.54, 1.807) is 6.07 Å². The van der Waals surface area contributed by atoms with Crippen LogP contribution < -0.4 is 0 Å². The molecule has 2 rings (SSSR count). The van der Waals surface area contributed by atoms with Gasteiger partial charge in [-0.3, -0.25) is 4.79 Å². The van der Waals surface area contributed by atoms with Gasteiger partial charge in [-0.05, 0) is 64.6 Å². The summed E-state index contributed by atoms with van der Waals surface area (Å²) in [6, 6.07) is 9.44. The molecule has 1 nitrogen and oxygen atoms in total. The van der Waals surface area contributed by atoms with Gasteiger partial charge in [0.05, 0.1) is 0 Å². The zero-order valence-corrected chi connectivity index (χ0v) is 11.5. The van der Waals surface area contributed by atoms with Crippen LogP contribution >= 0.6 is 34.2 Å². The second-order valence-electron chi connectivity index (χ2n) is 3.47. The molecule has 0 aromatic heterocycles. The molecule has 86 valence electrons. The Labute approximate surface area is 117 Å². The second-order valence-corrected chi connectivity index (χ2v) is 5.13. The fourth-order valence-electron chi connectivity index (χ4n) is 1.57. The van der Waals surface area contributed by atoms with E-state index >= 15 is 0 Å². The highest BCUT2D eigenvalue weighted by Crippen LogP contribution is 2.31. The van der Waals surface area contributed by atoms with Crippen molar-refractivity contribution in [1.82, 2.24) is 0 Å². The first kappa shape index (κ1) is 12.5. The van der Waals surface area contributed by atoms with Crippen LogP contribution in [0.25, 0.3) is 11.1 Å². The Morgan fingerprint density at radius 1 is 1.12 bits per heavy atom. The SMILES string of the molecule is O=Cc1ccc(F)cc1-c1cc(I)ccc1Cl. The van der Waals surface area contributed by atoms with Crippen LogP contribution in [0.2, 0.25) is 5.02 Å². The molecule has 0 saturated carbocycles. The van der Waals surface area contributed by atoms with Gasteiger partial charge in [0.1, 0.15) is 5.82 Å². The summed E-state index contributed by atoms with van der Waals surface area (Å²) in [5.74, 6) is -0.388. The Bertz CT molecular complexity index is 584. The molecule has 0 aliphatic heterocycles. The predicted molar refractivity (Wildman–Crippen MR) is 75.0 cm³/mol. The standard InChI is InChI=1S/C13H7ClFIO/c14-13-4-3-10(16)6-12(13)11-5-9(15)2-1-8(11)7-17/h1-7H. The molecule has 0 amide bonds. The number of hydrogen-bond donors (Lipinski definition) is 0. The summed E-state index contributed by atoms with van der Waals surface area (Å²) < 4.78 is 14.2. The molecule has 0 spiro atoms. The van der Waals surface area contributed by atoms with Gasteiger partial charge in [0.25, 0.3) is 0 Å². The molecule has 17 heavy (non-hydrogen) atoms. The third kappa shape index (κ3) is 2.66. The molecule has 4 heteroatoms. The van der Waals surface area contributed by atoms with Gasteiger partial charge in [0.15, 0.2) is 6.29 Å². The van der Waals surface area contributed by atoms with Crippen molar-refractivity contribution in [2.75, 3.05) is 0 Å². The lowest BCUT2D eigenvalue weighted by molar-refractivity contribution is 0.112. The Morgan fingerprint density at radius 3 is 2.59 bits per heavy atom. The van der Waals surface area contributed by atoms with Crippen molar-refractivity contribution in [3.8, 4) is 11.1 Å². The second kappa shape index (κ2) is 5.14. The van der Waals surface area contributed by atoms with E-state index in [0.717, 1.165) is 3.57 Å². The molecule has 0 radical (unpaired) electrons. The highest BCUT2D eigenvalue weighted by Gasteiger charge is 2.10. The van der Waals surface area contributed by atoms with Crippen LogP contribution in [0.3, 0.4) is 0 Å². The van der Waals surface area contributed by atoms with Crippen molar-refractivity contribution in [3.63, 3.8) is 0 Å². The van der Waals surface area contributed by atoms with Gasteiger partial charge in [-0.25, -0.2) is 4.39 Å². The van der Waals surface area contributed by atoms with Crippen LogP contribution in [0.15, 0.2) is 36.4 Å². The molecule has 0 N–H and O–H groups in total. The first-order valence-electron chi connectivity index (χ1n) is 4.82. The minimum absolute atomic E-state index is 0.388. The van der Waals surface area contributed by atoms with E-state index in [-0.39, 0.29) is 5.82 Å². The number of rotatable bonds is 2. The molecule has 0 unspecified atom stereocenters. The first-order chi connectivity index (χ1) is 8.11. The quantitative estimate of drug-likeness (QED) is 0.567. The molecule has 2 aromatic rings. The minimum atomic E-state index is -0.388. The maximum absolute atomic E-state index is 13.2. The van der Waals surface area contributed by atoms with Crippen molar-refractivity contribution < 1.29 is 9.18 Å². The third-order valence-corrected chi connectivity index (χ3v) is 3.36. The van der Waals surface area contributed by atoms with E-state index < -0.39 is 0 Å². The number of hydrogen-bond acceptors (Lipinski definition) is 1. The molecule has 0 saturated heterocycles. The highest BCUT2D eigenvalue weighted by atomic mass is 127. The van der Waals surface area contributed by atoms with Crippen molar-refractivity contribution in [2.24, 2.45) is 0 Å². The Kier molecular flexibility index (Phi) is 3.79. The zero-order valence-electron chi connectivity index (χ0n) is 8.58. The minimum Gasteiger partial charge on any atom is -0.298 e. The molecule has 0 heterocycles. The van der Waals surface area contributed by atoms with Crippen LogP contribution in [0.4, 0.5) is 4.39 Å². The van der Waals surface area contributed by atoms with Crippen molar-refractivity contribution in [1.29, 1.82) is 0 Å². The van der Waals surface area contributed by atoms with Crippen LogP contribution in [-0.2, 0) is 0 Å². The lowest BCUT2D eigenvalue weighted by atomic mass is 10.0. The summed E-state index contributed by atoms with van der Waals surface area (Å²) in [7, 11) is 0. The lowest BCUT2D eigenvalue weighted by Gasteiger charge is -2.08. The zero-order chi connectivity index (χ0) is 12.4. The first-order valence-corrected chi connectivity index (χ1v) is 6.27. The molecular weight excluding hydrogens is 353 g/mol. The van der Waals surface area contributed by atoms with Crippen molar-refractivity contribution in [2.45, 2.75) is 0 Å².